The maximum absolute atomic E-state index is 5.37. The zero-order valence-corrected chi connectivity index (χ0v) is 25.3. The van der Waals surface area contributed by atoms with E-state index < -0.39 is 0 Å². The number of para-hydroxylation sites is 1. The van der Waals surface area contributed by atoms with Crippen LogP contribution in [0.3, 0.4) is 0 Å². The van der Waals surface area contributed by atoms with Crippen LogP contribution in [0.15, 0.2) is 158 Å². The van der Waals surface area contributed by atoms with Gasteiger partial charge in [-0.2, -0.15) is 0 Å². The predicted molar refractivity (Wildman–Crippen MR) is 195 cm³/mol. The lowest BCUT2D eigenvalue weighted by Crippen LogP contribution is -1.94. The van der Waals surface area contributed by atoms with E-state index in [0.29, 0.717) is 0 Å². The summed E-state index contributed by atoms with van der Waals surface area (Å²) < 4.78 is 2.27. The van der Waals surface area contributed by atoms with Gasteiger partial charge in [-0.1, -0.05) is 121 Å². The summed E-state index contributed by atoms with van der Waals surface area (Å²) in [4.78, 5) is 15.2. The van der Waals surface area contributed by atoms with E-state index in [9.17, 15) is 0 Å². The number of benzene rings is 6. The van der Waals surface area contributed by atoms with Crippen LogP contribution in [-0.4, -0.2) is 19.4 Å². The number of fused-ring (bicyclic) bond motifs is 9. The van der Waals surface area contributed by atoms with E-state index >= 15 is 0 Å². The van der Waals surface area contributed by atoms with Gasteiger partial charge >= 0.3 is 0 Å². The number of rotatable bonds is 3. The Bertz CT molecular complexity index is 2740. The largest absolute Gasteiger partial charge is 0.292 e. The highest BCUT2D eigenvalue weighted by Crippen LogP contribution is 2.41. The van der Waals surface area contributed by atoms with Crippen molar-refractivity contribution in [2.24, 2.45) is 0 Å². The molecule has 0 spiro atoms. The second-order valence-corrected chi connectivity index (χ2v) is 12.0. The van der Waals surface area contributed by atoms with Crippen molar-refractivity contribution in [3.8, 4) is 33.8 Å². The quantitative estimate of drug-likeness (QED) is 0.150. The van der Waals surface area contributed by atoms with E-state index in [1.54, 1.807) is 0 Å². The number of aromatic nitrogens is 4. The summed E-state index contributed by atoms with van der Waals surface area (Å²) >= 11 is 0. The van der Waals surface area contributed by atoms with Crippen molar-refractivity contribution in [3.05, 3.63) is 158 Å². The van der Waals surface area contributed by atoms with E-state index in [1.165, 1.54) is 16.3 Å². The second kappa shape index (κ2) is 10.1. The topological polar surface area (TPSA) is 43.1 Å². The Morgan fingerprint density at radius 2 is 1.02 bits per heavy atom. The minimum Gasteiger partial charge on any atom is -0.292 e. The second-order valence-electron chi connectivity index (χ2n) is 12.0. The SMILES string of the molecule is c1ccc(-c2nc3ccc4ccccc4n3c2-c2ccc(-c3c4ccc5ccccc5c4nc4c3ccc3ccccc34)cc2)nc1. The van der Waals surface area contributed by atoms with Gasteiger partial charge in [-0.05, 0) is 52.1 Å². The standard InChI is InChI=1S/C43H26N4/c1-4-12-32-27(9-1)20-23-34-39(35-24-21-28-10-2-5-13-33(28)41(35)46-40(32)34)30-16-18-31(19-17-30)43-42(36-14-7-8-26-44-36)45-38-25-22-29-11-3-6-15-37(29)47(38)43/h1-26H. The average molecular weight is 599 g/mol. The highest BCUT2D eigenvalue weighted by molar-refractivity contribution is 6.21. The molecule has 0 aliphatic rings. The Kier molecular flexibility index (Phi) is 5.54. The number of hydrogen-bond acceptors (Lipinski definition) is 3. The third kappa shape index (κ3) is 3.92. The fourth-order valence-electron chi connectivity index (χ4n) is 7.25. The van der Waals surface area contributed by atoms with Crippen molar-refractivity contribution in [2.75, 3.05) is 0 Å². The molecule has 0 fully saturated rings. The summed E-state index contributed by atoms with van der Waals surface area (Å²) in [5.41, 5.74) is 10.2. The van der Waals surface area contributed by atoms with Gasteiger partial charge in [0, 0.05) is 38.9 Å². The van der Waals surface area contributed by atoms with Crippen LogP contribution in [0.4, 0.5) is 0 Å². The van der Waals surface area contributed by atoms with Gasteiger partial charge in [-0.3, -0.25) is 9.38 Å². The van der Waals surface area contributed by atoms with Crippen molar-refractivity contribution in [3.63, 3.8) is 0 Å². The van der Waals surface area contributed by atoms with Crippen LogP contribution in [0, 0.1) is 0 Å². The van der Waals surface area contributed by atoms with Crippen LogP contribution in [0.5, 0.6) is 0 Å². The Hall–Kier alpha value is -6.39. The molecule has 0 aliphatic heterocycles. The molecule has 0 saturated carbocycles. The summed E-state index contributed by atoms with van der Waals surface area (Å²) in [5.74, 6) is 0. The van der Waals surface area contributed by atoms with Crippen molar-refractivity contribution >= 4 is 59.9 Å². The molecule has 0 amide bonds. The van der Waals surface area contributed by atoms with Gasteiger partial charge in [0.15, 0.2) is 0 Å². The third-order valence-electron chi connectivity index (χ3n) is 9.41. The molecule has 0 aliphatic carbocycles. The number of pyridine rings is 3. The normalized spacial score (nSPS) is 11.8. The molecule has 0 atom stereocenters. The van der Waals surface area contributed by atoms with E-state index in [0.717, 1.165) is 77.3 Å². The summed E-state index contributed by atoms with van der Waals surface area (Å²) in [5, 5.41) is 8.16. The molecule has 0 saturated heterocycles. The summed E-state index contributed by atoms with van der Waals surface area (Å²) in [7, 11) is 0. The van der Waals surface area contributed by atoms with Gasteiger partial charge in [0.25, 0.3) is 0 Å². The van der Waals surface area contributed by atoms with Crippen LogP contribution in [0.25, 0.3) is 93.7 Å². The molecule has 4 nitrogen and oxygen atoms in total. The zero-order valence-electron chi connectivity index (χ0n) is 25.3. The van der Waals surface area contributed by atoms with Gasteiger partial charge < -0.3 is 0 Å². The maximum atomic E-state index is 5.37. The van der Waals surface area contributed by atoms with Crippen molar-refractivity contribution < 1.29 is 0 Å². The summed E-state index contributed by atoms with van der Waals surface area (Å²) in [6.07, 6.45) is 1.83. The van der Waals surface area contributed by atoms with Crippen molar-refractivity contribution in [2.45, 2.75) is 0 Å². The molecule has 4 aromatic heterocycles. The van der Waals surface area contributed by atoms with Gasteiger partial charge in [-0.25, -0.2) is 9.97 Å². The smallest absolute Gasteiger partial charge is 0.138 e. The first-order valence-electron chi connectivity index (χ1n) is 15.9. The Labute approximate surface area is 270 Å². The van der Waals surface area contributed by atoms with Crippen LogP contribution in [0.1, 0.15) is 0 Å². The Balaban J connectivity index is 1.26. The molecule has 10 rings (SSSR count). The van der Waals surface area contributed by atoms with Crippen LogP contribution < -0.4 is 0 Å². The first kappa shape index (κ1) is 25.9. The molecule has 4 heteroatoms. The van der Waals surface area contributed by atoms with Gasteiger partial charge in [-0.15, -0.1) is 0 Å². The van der Waals surface area contributed by atoms with Crippen LogP contribution in [-0.2, 0) is 0 Å². The molecular weight excluding hydrogens is 573 g/mol. The monoisotopic (exact) mass is 598 g/mol. The number of nitrogens with zero attached hydrogens (tertiary/aromatic N) is 4. The summed E-state index contributed by atoms with van der Waals surface area (Å²) in [6, 6.07) is 53.6. The van der Waals surface area contributed by atoms with E-state index in [2.05, 4.69) is 138 Å². The molecule has 0 N–H and O–H groups in total. The van der Waals surface area contributed by atoms with E-state index in [-0.39, 0.29) is 0 Å². The first-order chi connectivity index (χ1) is 23.3. The third-order valence-corrected chi connectivity index (χ3v) is 9.41. The Morgan fingerprint density at radius 1 is 0.426 bits per heavy atom. The minimum absolute atomic E-state index is 0.851. The molecule has 47 heavy (non-hydrogen) atoms. The molecular formula is C43H26N4. The van der Waals surface area contributed by atoms with Gasteiger partial charge in [0.2, 0.25) is 0 Å². The van der Waals surface area contributed by atoms with E-state index in [1.807, 2.05) is 24.4 Å². The zero-order chi connectivity index (χ0) is 30.9. The average Bonchev–Trinajstić information content (AvgIpc) is 3.55. The molecule has 6 aromatic carbocycles. The first-order valence-corrected chi connectivity index (χ1v) is 15.9. The number of imidazole rings is 1. The molecule has 10 aromatic rings. The molecule has 4 heterocycles. The highest BCUT2D eigenvalue weighted by atomic mass is 15.0. The van der Waals surface area contributed by atoms with Gasteiger partial charge in [0.05, 0.1) is 27.9 Å². The molecule has 0 unspecified atom stereocenters. The Morgan fingerprint density at radius 3 is 1.70 bits per heavy atom. The fourth-order valence-corrected chi connectivity index (χ4v) is 7.25. The van der Waals surface area contributed by atoms with E-state index in [4.69, 9.17) is 15.0 Å². The van der Waals surface area contributed by atoms with Crippen molar-refractivity contribution in [1.29, 1.82) is 0 Å². The fraction of sp³-hybridized carbons (Fsp3) is 0. The van der Waals surface area contributed by atoms with Crippen LogP contribution in [0.2, 0.25) is 0 Å². The maximum Gasteiger partial charge on any atom is 0.138 e. The molecule has 0 bridgehead atoms. The molecule has 0 radical (unpaired) electrons. The minimum atomic E-state index is 0.851. The molecule has 218 valence electrons. The highest BCUT2D eigenvalue weighted by Gasteiger charge is 2.20. The lowest BCUT2D eigenvalue weighted by Gasteiger charge is -2.15. The summed E-state index contributed by atoms with van der Waals surface area (Å²) in [6.45, 7) is 0. The predicted octanol–water partition coefficient (Wildman–Crippen LogP) is 10.9. The van der Waals surface area contributed by atoms with Gasteiger partial charge in [0.1, 0.15) is 11.3 Å². The lowest BCUT2D eigenvalue weighted by atomic mass is 9.92. The lowest BCUT2D eigenvalue weighted by molar-refractivity contribution is 1.26. The van der Waals surface area contributed by atoms with Crippen molar-refractivity contribution in [1.82, 2.24) is 19.4 Å². The van der Waals surface area contributed by atoms with Crippen LogP contribution >= 0.6 is 0 Å². The number of hydrogen-bond donors (Lipinski definition) is 0.